The summed E-state index contributed by atoms with van der Waals surface area (Å²) in [6, 6.07) is 17.0. The Morgan fingerprint density at radius 2 is 1.85 bits per heavy atom. The normalized spacial score (nSPS) is 10.5. The minimum atomic E-state index is -0.105. The number of nitrogens with one attached hydrogen (secondary N) is 1. The van der Waals surface area contributed by atoms with Crippen molar-refractivity contribution in [1.29, 1.82) is 5.26 Å². The molecule has 2 aromatic carbocycles. The van der Waals surface area contributed by atoms with E-state index in [1.165, 1.54) is 11.8 Å². The Morgan fingerprint density at radius 3 is 2.58 bits per heavy atom. The maximum Gasteiger partial charge on any atom is 0.252 e. The molecule has 0 heterocycles. The quantitative estimate of drug-likeness (QED) is 0.662. The van der Waals surface area contributed by atoms with E-state index in [0.29, 0.717) is 30.2 Å². The molecule has 0 saturated carbocycles. The van der Waals surface area contributed by atoms with Gasteiger partial charge in [0, 0.05) is 29.5 Å². The summed E-state index contributed by atoms with van der Waals surface area (Å²) in [6.45, 7) is 6.18. The summed E-state index contributed by atoms with van der Waals surface area (Å²) in [4.78, 5) is 14.2. The van der Waals surface area contributed by atoms with Crippen LogP contribution < -0.4 is 5.32 Å². The molecule has 0 aliphatic heterocycles. The molecule has 5 heteroatoms. The highest BCUT2D eigenvalue weighted by Crippen LogP contribution is 2.32. The second-order valence-corrected chi connectivity index (χ2v) is 7.37. The Hall–Kier alpha value is -2.29. The fourth-order valence-electron chi connectivity index (χ4n) is 2.30. The van der Waals surface area contributed by atoms with E-state index in [0.717, 1.165) is 22.8 Å². The predicted octanol–water partition coefficient (Wildman–Crippen LogP) is 4.50. The Labute approximate surface area is 159 Å². The Morgan fingerprint density at radius 1 is 1.15 bits per heavy atom. The van der Waals surface area contributed by atoms with E-state index in [4.69, 9.17) is 4.74 Å². The van der Waals surface area contributed by atoms with Crippen molar-refractivity contribution in [2.45, 2.75) is 30.1 Å². The molecule has 0 aliphatic rings. The summed E-state index contributed by atoms with van der Waals surface area (Å²) >= 11 is 1.44. The fraction of sp³-hybridized carbons (Fsp3) is 0.333. The first kappa shape index (κ1) is 20.0. The van der Waals surface area contributed by atoms with Gasteiger partial charge in [0.1, 0.15) is 6.07 Å². The van der Waals surface area contributed by atoms with Crippen molar-refractivity contribution in [2.75, 3.05) is 19.8 Å². The zero-order valence-electron chi connectivity index (χ0n) is 15.2. The van der Waals surface area contributed by atoms with E-state index >= 15 is 0 Å². The maximum atomic E-state index is 12.5. The molecular formula is C21H24N2O2S. The van der Waals surface area contributed by atoms with Crippen LogP contribution in [0.1, 0.15) is 36.2 Å². The van der Waals surface area contributed by atoms with Gasteiger partial charge in [-0.05, 0) is 36.6 Å². The van der Waals surface area contributed by atoms with Crippen molar-refractivity contribution < 1.29 is 9.53 Å². The van der Waals surface area contributed by atoms with Crippen LogP contribution in [0.15, 0.2) is 58.3 Å². The highest BCUT2D eigenvalue weighted by molar-refractivity contribution is 7.99. The van der Waals surface area contributed by atoms with Crippen LogP contribution >= 0.6 is 11.8 Å². The lowest BCUT2D eigenvalue weighted by molar-refractivity contribution is 0.0922. The average Bonchev–Trinajstić information content (AvgIpc) is 2.65. The Balaban J connectivity index is 1.95. The van der Waals surface area contributed by atoms with Crippen LogP contribution in [-0.4, -0.2) is 25.7 Å². The van der Waals surface area contributed by atoms with E-state index in [1.54, 1.807) is 6.07 Å². The third kappa shape index (κ3) is 6.21. The van der Waals surface area contributed by atoms with Crippen LogP contribution in [-0.2, 0) is 4.74 Å². The SMILES string of the molecule is CC(C)COCCCNC(=O)c1ccccc1Sc1ccccc1C#N. The monoisotopic (exact) mass is 368 g/mol. The first-order valence-electron chi connectivity index (χ1n) is 8.73. The summed E-state index contributed by atoms with van der Waals surface area (Å²) in [5, 5.41) is 12.2. The number of rotatable bonds is 9. The number of nitrogens with zero attached hydrogens (tertiary/aromatic N) is 1. The second kappa shape index (κ2) is 10.6. The number of benzene rings is 2. The van der Waals surface area contributed by atoms with E-state index in [9.17, 15) is 10.1 Å². The van der Waals surface area contributed by atoms with Crippen LogP contribution in [0.3, 0.4) is 0 Å². The smallest absolute Gasteiger partial charge is 0.252 e. The van der Waals surface area contributed by atoms with Gasteiger partial charge in [-0.15, -0.1) is 0 Å². The van der Waals surface area contributed by atoms with Crippen molar-refractivity contribution in [3.63, 3.8) is 0 Å². The van der Waals surface area contributed by atoms with Gasteiger partial charge in [-0.3, -0.25) is 4.79 Å². The molecule has 0 atom stereocenters. The molecule has 0 saturated heterocycles. The van der Waals surface area contributed by atoms with Crippen molar-refractivity contribution in [3.8, 4) is 6.07 Å². The predicted molar refractivity (Wildman–Crippen MR) is 104 cm³/mol. The van der Waals surface area contributed by atoms with Gasteiger partial charge >= 0.3 is 0 Å². The molecule has 136 valence electrons. The minimum Gasteiger partial charge on any atom is -0.381 e. The van der Waals surface area contributed by atoms with Gasteiger partial charge in [-0.2, -0.15) is 5.26 Å². The van der Waals surface area contributed by atoms with Gasteiger partial charge in [0.05, 0.1) is 11.1 Å². The number of ether oxygens (including phenoxy) is 1. The van der Waals surface area contributed by atoms with Gasteiger partial charge in [0.2, 0.25) is 0 Å². The molecule has 0 aromatic heterocycles. The number of amides is 1. The summed E-state index contributed by atoms with van der Waals surface area (Å²) in [7, 11) is 0. The number of carbonyl (C=O) groups is 1. The summed E-state index contributed by atoms with van der Waals surface area (Å²) in [5.41, 5.74) is 1.23. The zero-order valence-corrected chi connectivity index (χ0v) is 16.0. The van der Waals surface area contributed by atoms with Crippen LogP contribution in [0.2, 0.25) is 0 Å². The third-order valence-electron chi connectivity index (χ3n) is 3.56. The van der Waals surface area contributed by atoms with Gasteiger partial charge in [0.25, 0.3) is 5.91 Å². The summed E-state index contributed by atoms with van der Waals surface area (Å²) in [6.07, 6.45) is 0.783. The molecule has 26 heavy (non-hydrogen) atoms. The zero-order chi connectivity index (χ0) is 18.8. The van der Waals surface area contributed by atoms with Crippen LogP contribution in [0, 0.1) is 17.2 Å². The maximum absolute atomic E-state index is 12.5. The highest BCUT2D eigenvalue weighted by atomic mass is 32.2. The molecule has 0 aliphatic carbocycles. The first-order chi connectivity index (χ1) is 12.6. The second-order valence-electron chi connectivity index (χ2n) is 6.28. The number of hydrogen-bond acceptors (Lipinski definition) is 4. The number of hydrogen-bond donors (Lipinski definition) is 1. The Bertz CT molecular complexity index is 769. The first-order valence-corrected chi connectivity index (χ1v) is 9.55. The number of nitriles is 1. The van der Waals surface area contributed by atoms with E-state index in [2.05, 4.69) is 25.2 Å². The van der Waals surface area contributed by atoms with Gasteiger partial charge in [-0.1, -0.05) is 49.9 Å². The average molecular weight is 369 g/mol. The lowest BCUT2D eigenvalue weighted by Crippen LogP contribution is -2.25. The van der Waals surface area contributed by atoms with Crippen molar-refractivity contribution in [3.05, 3.63) is 59.7 Å². The molecule has 0 bridgehead atoms. The largest absolute Gasteiger partial charge is 0.381 e. The minimum absolute atomic E-state index is 0.105. The van der Waals surface area contributed by atoms with Gasteiger partial charge < -0.3 is 10.1 Å². The van der Waals surface area contributed by atoms with Gasteiger partial charge in [-0.25, -0.2) is 0 Å². The lowest BCUT2D eigenvalue weighted by atomic mass is 10.2. The number of carbonyl (C=O) groups excluding carboxylic acids is 1. The van der Waals surface area contributed by atoms with Gasteiger partial charge in [0.15, 0.2) is 0 Å². The van der Waals surface area contributed by atoms with Crippen LogP contribution in [0.4, 0.5) is 0 Å². The molecule has 0 spiro atoms. The Kier molecular flexibility index (Phi) is 8.20. The van der Waals surface area contributed by atoms with E-state index in [-0.39, 0.29) is 5.91 Å². The molecule has 0 unspecified atom stereocenters. The molecule has 1 N–H and O–H groups in total. The van der Waals surface area contributed by atoms with Crippen LogP contribution in [0.25, 0.3) is 0 Å². The molecule has 2 rings (SSSR count). The molecular weight excluding hydrogens is 344 g/mol. The van der Waals surface area contributed by atoms with Crippen molar-refractivity contribution in [1.82, 2.24) is 5.32 Å². The van der Waals surface area contributed by atoms with Crippen molar-refractivity contribution >= 4 is 17.7 Å². The lowest BCUT2D eigenvalue weighted by Gasteiger charge is -2.11. The fourth-order valence-corrected chi connectivity index (χ4v) is 3.32. The molecule has 0 fully saturated rings. The summed E-state index contributed by atoms with van der Waals surface area (Å²) in [5.74, 6) is 0.413. The molecule has 0 radical (unpaired) electrons. The topological polar surface area (TPSA) is 62.1 Å². The van der Waals surface area contributed by atoms with E-state index < -0.39 is 0 Å². The molecule has 1 amide bonds. The van der Waals surface area contributed by atoms with Crippen LogP contribution in [0.5, 0.6) is 0 Å². The summed E-state index contributed by atoms with van der Waals surface area (Å²) < 4.78 is 5.52. The highest BCUT2D eigenvalue weighted by Gasteiger charge is 2.13. The van der Waals surface area contributed by atoms with Crippen molar-refractivity contribution in [2.24, 2.45) is 5.92 Å². The molecule has 4 nitrogen and oxygen atoms in total. The molecule has 2 aromatic rings. The standard InChI is InChI=1S/C21H24N2O2S/c1-16(2)15-25-13-7-12-23-21(24)18-9-4-6-11-20(18)26-19-10-5-3-8-17(19)14-22/h3-6,8-11,16H,7,12-13,15H2,1-2H3,(H,23,24). The van der Waals surface area contributed by atoms with E-state index in [1.807, 2.05) is 42.5 Å². The third-order valence-corrected chi connectivity index (χ3v) is 4.71.